The van der Waals surface area contributed by atoms with Crippen molar-refractivity contribution in [1.82, 2.24) is 0 Å². The monoisotopic (exact) mass is 332 g/mol. The Morgan fingerprint density at radius 3 is 2.33 bits per heavy atom. The van der Waals surface area contributed by atoms with Gasteiger partial charge in [0.05, 0.1) is 10.0 Å². The zero-order chi connectivity index (χ0) is 14.8. The Bertz CT molecular complexity index is 830. The van der Waals surface area contributed by atoms with Gasteiger partial charge in [-0.25, -0.2) is 0 Å². The van der Waals surface area contributed by atoms with E-state index in [1.807, 2.05) is 48.5 Å². The summed E-state index contributed by atoms with van der Waals surface area (Å²) in [6, 6.07) is 17.2. The molecule has 0 atom stereocenters. The Balaban J connectivity index is 2.08. The van der Waals surface area contributed by atoms with E-state index in [2.05, 4.69) is 0 Å². The summed E-state index contributed by atoms with van der Waals surface area (Å²) in [6.45, 7) is 0. The van der Waals surface area contributed by atoms with Crippen LogP contribution in [-0.2, 0) is 0 Å². The molecule has 1 nitrogen and oxygen atoms in total. The molecule has 0 bridgehead atoms. The van der Waals surface area contributed by atoms with E-state index in [-0.39, 0.29) is 0 Å². The Hall–Kier alpha value is -1.48. The zero-order valence-corrected chi connectivity index (χ0v) is 13.2. The molecule has 0 aliphatic heterocycles. The predicted octanol–water partition coefficient (Wildman–Crippen LogP) is 6.11. The maximum atomic E-state index is 11.1. The van der Waals surface area contributed by atoms with Gasteiger partial charge in [0.2, 0.25) is 0 Å². The zero-order valence-electron chi connectivity index (χ0n) is 10.8. The second-order valence-corrected chi connectivity index (χ2v) is 6.42. The third kappa shape index (κ3) is 2.93. The summed E-state index contributed by atoms with van der Waals surface area (Å²) in [4.78, 5) is 13.2. The predicted molar refractivity (Wildman–Crippen MR) is 89.9 cm³/mol. The van der Waals surface area contributed by atoms with Crippen LogP contribution in [0.5, 0.6) is 0 Å². The van der Waals surface area contributed by atoms with Gasteiger partial charge in [-0.3, -0.25) is 4.79 Å². The van der Waals surface area contributed by atoms with Crippen LogP contribution in [0.15, 0.2) is 64.4 Å². The highest BCUT2D eigenvalue weighted by Gasteiger charge is 2.08. The molecule has 0 spiro atoms. The van der Waals surface area contributed by atoms with Crippen molar-refractivity contribution in [2.75, 3.05) is 0 Å². The normalized spacial score (nSPS) is 10.8. The van der Waals surface area contributed by atoms with Crippen LogP contribution < -0.4 is 0 Å². The number of carbonyl (C=O) groups is 1. The highest BCUT2D eigenvalue weighted by Crippen LogP contribution is 2.36. The van der Waals surface area contributed by atoms with Crippen molar-refractivity contribution in [3.05, 3.63) is 70.2 Å². The van der Waals surface area contributed by atoms with Gasteiger partial charge in [-0.2, -0.15) is 0 Å². The number of carbonyl (C=O) groups excluding carboxylic acids is 1. The standard InChI is InChI=1S/C17H10Cl2OS/c18-15-7-6-12(9-16(15)19)21-17-8-5-11(10-20)13-3-1-2-4-14(13)17/h1-10H. The van der Waals surface area contributed by atoms with Crippen molar-refractivity contribution in [1.29, 1.82) is 0 Å². The van der Waals surface area contributed by atoms with Gasteiger partial charge in [0.1, 0.15) is 0 Å². The van der Waals surface area contributed by atoms with Crippen molar-refractivity contribution >= 4 is 52.0 Å². The summed E-state index contributed by atoms with van der Waals surface area (Å²) in [5.74, 6) is 0. The van der Waals surface area contributed by atoms with Crippen molar-refractivity contribution in [3.63, 3.8) is 0 Å². The number of hydrogen-bond donors (Lipinski definition) is 0. The molecule has 0 N–H and O–H groups in total. The van der Waals surface area contributed by atoms with Crippen LogP contribution in [0.3, 0.4) is 0 Å². The first kappa shape index (κ1) is 14.5. The molecule has 3 aromatic carbocycles. The van der Waals surface area contributed by atoms with E-state index in [0.717, 1.165) is 26.8 Å². The highest BCUT2D eigenvalue weighted by atomic mass is 35.5. The van der Waals surface area contributed by atoms with Crippen LogP contribution >= 0.6 is 35.0 Å². The summed E-state index contributed by atoms with van der Waals surface area (Å²) < 4.78 is 0. The molecule has 3 rings (SSSR count). The maximum Gasteiger partial charge on any atom is 0.150 e. The van der Waals surface area contributed by atoms with E-state index >= 15 is 0 Å². The molecule has 0 aliphatic rings. The smallest absolute Gasteiger partial charge is 0.150 e. The fourth-order valence-electron chi connectivity index (χ4n) is 2.15. The molecule has 0 unspecified atom stereocenters. The van der Waals surface area contributed by atoms with Crippen LogP contribution in [-0.4, -0.2) is 6.29 Å². The van der Waals surface area contributed by atoms with Gasteiger partial charge in [-0.15, -0.1) is 0 Å². The molecule has 21 heavy (non-hydrogen) atoms. The SMILES string of the molecule is O=Cc1ccc(Sc2ccc(Cl)c(Cl)c2)c2ccccc12. The molecule has 104 valence electrons. The van der Waals surface area contributed by atoms with Gasteiger partial charge in [-0.05, 0) is 41.1 Å². The molecule has 3 aromatic rings. The lowest BCUT2D eigenvalue weighted by Gasteiger charge is -2.08. The molecular weight excluding hydrogens is 323 g/mol. The van der Waals surface area contributed by atoms with Crippen LogP contribution in [0.25, 0.3) is 10.8 Å². The quantitative estimate of drug-likeness (QED) is 0.538. The van der Waals surface area contributed by atoms with Gasteiger partial charge in [0.15, 0.2) is 6.29 Å². The highest BCUT2D eigenvalue weighted by molar-refractivity contribution is 7.99. The third-order valence-corrected chi connectivity index (χ3v) is 4.97. The minimum absolute atomic E-state index is 0.537. The number of halogens is 2. The van der Waals surface area contributed by atoms with Crippen LogP contribution in [0.1, 0.15) is 10.4 Å². The summed E-state index contributed by atoms with van der Waals surface area (Å²) in [5.41, 5.74) is 0.698. The van der Waals surface area contributed by atoms with E-state index in [1.165, 1.54) is 0 Å². The van der Waals surface area contributed by atoms with Gasteiger partial charge in [0.25, 0.3) is 0 Å². The van der Waals surface area contributed by atoms with E-state index in [1.54, 1.807) is 17.8 Å². The lowest BCUT2D eigenvalue weighted by molar-refractivity contribution is 0.112. The van der Waals surface area contributed by atoms with Gasteiger partial charge in [-0.1, -0.05) is 59.2 Å². The summed E-state index contributed by atoms with van der Waals surface area (Å²) >= 11 is 13.6. The first-order chi connectivity index (χ1) is 10.2. The average molecular weight is 333 g/mol. The van der Waals surface area contributed by atoms with Crippen LogP contribution in [0, 0.1) is 0 Å². The molecule has 4 heteroatoms. The van der Waals surface area contributed by atoms with Crippen molar-refractivity contribution < 1.29 is 4.79 Å². The van der Waals surface area contributed by atoms with Gasteiger partial charge in [0, 0.05) is 15.4 Å². The summed E-state index contributed by atoms with van der Waals surface area (Å²) in [5, 5.41) is 3.09. The second-order valence-electron chi connectivity index (χ2n) is 4.49. The Morgan fingerprint density at radius 2 is 1.62 bits per heavy atom. The van der Waals surface area contributed by atoms with Crippen molar-refractivity contribution in [3.8, 4) is 0 Å². The first-order valence-electron chi connectivity index (χ1n) is 6.29. The van der Waals surface area contributed by atoms with E-state index in [9.17, 15) is 4.79 Å². The Labute approximate surface area is 136 Å². The number of rotatable bonds is 3. The van der Waals surface area contributed by atoms with Crippen LogP contribution in [0.4, 0.5) is 0 Å². The topological polar surface area (TPSA) is 17.1 Å². The number of benzene rings is 3. The first-order valence-corrected chi connectivity index (χ1v) is 7.86. The molecule has 0 aliphatic carbocycles. The molecule has 0 saturated heterocycles. The summed E-state index contributed by atoms with van der Waals surface area (Å²) in [7, 11) is 0. The van der Waals surface area contributed by atoms with E-state index in [4.69, 9.17) is 23.2 Å². The molecule has 0 radical (unpaired) electrons. The minimum atomic E-state index is 0.537. The number of hydrogen-bond acceptors (Lipinski definition) is 2. The van der Waals surface area contributed by atoms with Crippen LogP contribution in [0.2, 0.25) is 10.0 Å². The van der Waals surface area contributed by atoms with Gasteiger partial charge >= 0.3 is 0 Å². The minimum Gasteiger partial charge on any atom is -0.298 e. The molecule has 0 aromatic heterocycles. The fraction of sp³-hybridized carbons (Fsp3) is 0. The van der Waals surface area contributed by atoms with E-state index in [0.29, 0.717) is 15.6 Å². The molecule has 0 heterocycles. The van der Waals surface area contributed by atoms with E-state index < -0.39 is 0 Å². The molecule has 0 amide bonds. The molecule has 0 saturated carbocycles. The number of aldehydes is 1. The maximum absolute atomic E-state index is 11.1. The van der Waals surface area contributed by atoms with Crippen molar-refractivity contribution in [2.24, 2.45) is 0 Å². The Morgan fingerprint density at radius 1 is 0.857 bits per heavy atom. The van der Waals surface area contributed by atoms with Crippen molar-refractivity contribution in [2.45, 2.75) is 9.79 Å². The lowest BCUT2D eigenvalue weighted by atomic mass is 10.1. The largest absolute Gasteiger partial charge is 0.298 e. The third-order valence-electron chi connectivity index (χ3n) is 3.16. The fourth-order valence-corrected chi connectivity index (χ4v) is 3.51. The average Bonchev–Trinajstić information content (AvgIpc) is 2.51. The molecule has 0 fully saturated rings. The number of fused-ring (bicyclic) bond motifs is 1. The molecular formula is C17H10Cl2OS. The summed E-state index contributed by atoms with van der Waals surface area (Å²) in [6.07, 6.45) is 0.885. The van der Waals surface area contributed by atoms with Gasteiger partial charge < -0.3 is 0 Å². The Kier molecular flexibility index (Phi) is 4.20. The second kappa shape index (κ2) is 6.10. The lowest BCUT2D eigenvalue weighted by Crippen LogP contribution is -1.85.